The fraction of sp³-hybridized carbons (Fsp3) is 0.231. The zero-order chi connectivity index (χ0) is 25.7. The molecule has 1 N–H and O–H groups in total. The summed E-state index contributed by atoms with van der Waals surface area (Å²) in [4.78, 5) is 25.4. The van der Waals surface area contributed by atoms with Crippen LogP contribution in [-0.4, -0.2) is 46.6 Å². The number of amides is 1. The summed E-state index contributed by atoms with van der Waals surface area (Å²) in [7, 11) is 2.95. The van der Waals surface area contributed by atoms with E-state index in [4.69, 9.17) is 9.47 Å². The Morgan fingerprint density at radius 1 is 1.03 bits per heavy atom. The second-order valence-electron chi connectivity index (χ2n) is 7.83. The van der Waals surface area contributed by atoms with Crippen LogP contribution in [0.2, 0.25) is 0 Å². The van der Waals surface area contributed by atoms with Crippen molar-refractivity contribution in [3.05, 3.63) is 65.0 Å². The molecule has 0 saturated heterocycles. The molecule has 0 saturated carbocycles. The Bertz CT molecular complexity index is 1360. The molecule has 0 aliphatic rings. The third kappa shape index (κ3) is 5.44. The van der Waals surface area contributed by atoms with Gasteiger partial charge in [0.15, 0.2) is 11.0 Å². The van der Waals surface area contributed by atoms with Gasteiger partial charge in [-0.25, -0.2) is 4.79 Å². The first-order valence-corrected chi connectivity index (χ1v) is 13.1. The summed E-state index contributed by atoms with van der Waals surface area (Å²) in [5, 5.41) is 14.4. The van der Waals surface area contributed by atoms with E-state index in [0.717, 1.165) is 33.8 Å². The minimum Gasteiger partial charge on any atom is -0.497 e. The molecular formula is C26H26N4O4S2. The van der Waals surface area contributed by atoms with Crippen LogP contribution in [-0.2, 0) is 16.1 Å². The third-order valence-corrected chi connectivity index (χ3v) is 7.37. The fourth-order valence-corrected chi connectivity index (χ4v) is 5.40. The van der Waals surface area contributed by atoms with Gasteiger partial charge in [0.2, 0.25) is 5.91 Å². The van der Waals surface area contributed by atoms with E-state index in [-0.39, 0.29) is 11.7 Å². The lowest BCUT2D eigenvalue weighted by atomic mass is 10.0. The Kier molecular flexibility index (Phi) is 8.07. The second kappa shape index (κ2) is 11.4. The number of rotatable bonds is 9. The number of hydrogen-bond acceptors (Lipinski definition) is 8. The molecule has 2 heterocycles. The number of nitrogens with one attached hydrogen (secondary N) is 1. The number of thiophene rings is 1. The van der Waals surface area contributed by atoms with Crippen molar-refractivity contribution in [2.45, 2.75) is 25.5 Å². The molecule has 2 aromatic heterocycles. The molecule has 36 heavy (non-hydrogen) atoms. The smallest absolute Gasteiger partial charge is 0.341 e. The molecule has 0 spiro atoms. The number of esters is 1. The van der Waals surface area contributed by atoms with Crippen LogP contribution in [0.3, 0.4) is 0 Å². The average molecular weight is 523 g/mol. The van der Waals surface area contributed by atoms with Crippen LogP contribution in [0.4, 0.5) is 5.00 Å². The number of hydrogen-bond donors (Lipinski definition) is 1. The van der Waals surface area contributed by atoms with E-state index in [0.29, 0.717) is 22.3 Å². The van der Waals surface area contributed by atoms with Gasteiger partial charge in [-0.05, 0) is 43.7 Å². The molecule has 0 fully saturated rings. The van der Waals surface area contributed by atoms with Crippen molar-refractivity contribution >= 4 is 40.0 Å². The monoisotopic (exact) mass is 522 g/mol. The molecule has 10 heteroatoms. The number of nitrogens with zero attached hydrogens (tertiary/aromatic N) is 3. The zero-order valence-electron chi connectivity index (χ0n) is 20.4. The number of methoxy groups -OCH3 is 2. The summed E-state index contributed by atoms with van der Waals surface area (Å²) < 4.78 is 12.2. The highest BCUT2D eigenvalue weighted by molar-refractivity contribution is 7.99. The van der Waals surface area contributed by atoms with Crippen LogP contribution >= 0.6 is 23.1 Å². The molecule has 4 aromatic rings. The molecule has 4 rings (SSSR count). The van der Waals surface area contributed by atoms with Crippen molar-refractivity contribution < 1.29 is 19.1 Å². The maximum atomic E-state index is 12.8. The third-order valence-electron chi connectivity index (χ3n) is 5.51. The van der Waals surface area contributed by atoms with Gasteiger partial charge in [0.05, 0.1) is 20.0 Å². The SMILES string of the molecule is CCn1c(SCC(=O)Nc2scc(-c3ccc(C)cc3)c2C(=O)OC)nnc1-c1ccc(OC)cc1. The molecule has 0 bridgehead atoms. The van der Waals surface area contributed by atoms with Crippen LogP contribution in [0.5, 0.6) is 5.75 Å². The molecule has 2 aromatic carbocycles. The average Bonchev–Trinajstić information content (AvgIpc) is 3.51. The summed E-state index contributed by atoms with van der Waals surface area (Å²) >= 11 is 2.58. The molecule has 0 aliphatic heterocycles. The fourth-order valence-electron chi connectivity index (χ4n) is 3.63. The summed E-state index contributed by atoms with van der Waals surface area (Å²) in [5.41, 5.74) is 3.99. The van der Waals surface area contributed by atoms with Crippen molar-refractivity contribution in [2.75, 3.05) is 25.3 Å². The van der Waals surface area contributed by atoms with Crippen molar-refractivity contribution in [2.24, 2.45) is 0 Å². The maximum absolute atomic E-state index is 12.8. The van der Waals surface area contributed by atoms with Gasteiger partial charge in [-0.3, -0.25) is 4.79 Å². The van der Waals surface area contributed by atoms with Gasteiger partial charge in [0.1, 0.15) is 16.3 Å². The van der Waals surface area contributed by atoms with E-state index >= 15 is 0 Å². The number of aromatic nitrogens is 3. The lowest BCUT2D eigenvalue weighted by Crippen LogP contribution is -2.16. The van der Waals surface area contributed by atoms with Crippen molar-refractivity contribution in [1.82, 2.24) is 14.8 Å². The molecule has 0 radical (unpaired) electrons. The van der Waals surface area contributed by atoms with Gasteiger partial charge in [0.25, 0.3) is 0 Å². The van der Waals surface area contributed by atoms with Crippen molar-refractivity contribution in [3.8, 4) is 28.3 Å². The highest BCUT2D eigenvalue weighted by Crippen LogP contribution is 2.36. The molecule has 8 nitrogen and oxygen atoms in total. The minimum absolute atomic E-state index is 0.110. The van der Waals surface area contributed by atoms with Crippen molar-refractivity contribution in [3.63, 3.8) is 0 Å². The van der Waals surface area contributed by atoms with E-state index < -0.39 is 5.97 Å². The van der Waals surface area contributed by atoms with Crippen LogP contribution in [0, 0.1) is 6.92 Å². The second-order valence-corrected chi connectivity index (χ2v) is 9.65. The number of carbonyl (C=O) groups is 2. The van der Waals surface area contributed by atoms with E-state index in [2.05, 4.69) is 15.5 Å². The molecule has 1 amide bonds. The summed E-state index contributed by atoms with van der Waals surface area (Å²) in [5.74, 6) is 0.845. The standard InChI is InChI=1S/C26H26N4O4S2/c1-5-30-23(18-10-12-19(33-3)13-11-18)28-29-26(30)36-15-21(31)27-24-22(25(32)34-4)20(14-35-24)17-8-6-16(2)7-9-17/h6-14H,5,15H2,1-4H3,(H,27,31). The molecule has 0 atom stereocenters. The summed E-state index contributed by atoms with van der Waals surface area (Å²) in [6.07, 6.45) is 0. The highest BCUT2D eigenvalue weighted by atomic mass is 32.2. The Balaban J connectivity index is 1.49. The van der Waals surface area contributed by atoms with Gasteiger partial charge < -0.3 is 19.4 Å². The number of aryl methyl sites for hydroxylation is 1. The Morgan fingerprint density at radius 2 is 1.72 bits per heavy atom. The van der Waals surface area contributed by atoms with Gasteiger partial charge >= 0.3 is 5.97 Å². The number of thioether (sulfide) groups is 1. The highest BCUT2D eigenvalue weighted by Gasteiger charge is 2.23. The predicted molar refractivity (Wildman–Crippen MR) is 143 cm³/mol. The minimum atomic E-state index is -0.496. The first-order valence-electron chi connectivity index (χ1n) is 11.2. The topological polar surface area (TPSA) is 95.3 Å². The van der Waals surface area contributed by atoms with Gasteiger partial charge in [-0.2, -0.15) is 0 Å². The summed E-state index contributed by atoms with van der Waals surface area (Å²) in [6.45, 7) is 4.65. The van der Waals surface area contributed by atoms with Gasteiger partial charge in [-0.15, -0.1) is 21.5 Å². The Hall–Kier alpha value is -3.63. The van der Waals surface area contributed by atoms with E-state index in [1.54, 1.807) is 7.11 Å². The molecular weight excluding hydrogens is 496 g/mol. The van der Waals surface area contributed by atoms with Crippen LogP contribution < -0.4 is 10.1 Å². The number of carbonyl (C=O) groups excluding carboxylic acids is 2. The predicted octanol–water partition coefficient (Wildman–Crippen LogP) is 5.53. The quantitative estimate of drug-likeness (QED) is 0.228. The van der Waals surface area contributed by atoms with E-state index in [9.17, 15) is 9.59 Å². The normalized spacial score (nSPS) is 10.8. The van der Waals surface area contributed by atoms with Crippen LogP contribution in [0.1, 0.15) is 22.8 Å². The Morgan fingerprint density at radius 3 is 2.36 bits per heavy atom. The maximum Gasteiger partial charge on any atom is 0.341 e. The molecule has 0 unspecified atom stereocenters. The number of benzene rings is 2. The van der Waals surface area contributed by atoms with Crippen molar-refractivity contribution in [1.29, 1.82) is 0 Å². The zero-order valence-corrected chi connectivity index (χ0v) is 22.0. The Labute approximate surface area is 217 Å². The van der Waals surface area contributed by atoms with E-state index in [1.807, 2.05) is 72.3 Å². The molecule has 186 valence electrons. The van der Waals surface area contributed by atoms with Crippen LogP contribution in [0.25, 0.3) is 22.5 Å². The van der Waals surface area contributed by atoms with Gasteiger partial charge in [0, 0.05) is 23.1 Å². The van der Waals surface area contributed by atoms with Crippen LogP contribution in [0.15, 0.2) is 59.1 Å². The van der Waals surface area contributed by atoms with E-state index in [1.165, 1.54) is 30.2 Å². The van der Waals surface area contributed by atoms with Gasteiger partial charge in [-0.1, -0.05) is 41.6 Å². The number of anilines is 1. The molecule has 0 aliphatic carbocycles. The lowest BCUT2D eigenvalue weighted by Gasteiger charge is -2.09. The largest absolute Gasteiger partial charge is 0.497 e. The first kappa shape index (κ1) is 25.5. The summed E-state index contributed by atoms with van der Waals surface area (Å²) in [6, 6.07) is 15.4. The first-order chi connectivity index (χ1) is 17.4. The lowest BCUT2D eigenvalue weighted by molar-refractivity contribution is -0.113. The number of ether oxygens (including phenoxy) is 2.